The van der Waals surface area contributed by atoms with Crippen molar-refractivity contribution in [3.05, 3.63) is 0 Å². The third-order valence-electron chi connectivity index (χ3n) is 4.11. The summed E-state index contributed by atoms with van der Waals surface area (Å²) in [4.78, 5) is 5.30. The second kappa shape index (κ2) is 7.34. The highest BCUT2D eigenvalue weighted by Gasteiger charge is 2.18. The van der Waals surface area contributed by atoms with E-state index in [1.807, 2.05) is 0 Å². The van der Waals surface area contributed by atoms with E-state index in [9.17, 15) is 0 Å². The van der Waals surface area contributed by atoms with E-state index < -0.39 is 0 Å². The van der Waals surface area contributed by atoms with Crippen molar-refractivity contribution >= 4 is 0 Å². The van der Waals surface area contributed by atoms with Crippen molar-refractivity contribution in [3.63, 3.8) is 0 Å². The molecule has 1 atom stereocenters. The van der Waals surface area contributed by atoms with Crippen LogP contribution in [0.2, 0.25) is 0 Å². The molecule has 0 amide bonds. The normalized spacial score (nSPS) is 26.1. The van der Waals surface area contributed by atoms with Crippen molar-refractivity contribution in [2.24, 2.45) is 0 Å². The predicted octanol–water partition coefficient (Wildman–Crippen LogP) is 1.55. The summed E-state index contributed by atoms with van der Waals surface area (Å²) in [7, 11) is 0. The number of hydrogen-bond acceptors (Lipinski definition) is 3. The van der Waals surface area contributed by atoms with E-state index in [4.69, 9.17) is 0 Å². The van der Waals surface area contributed by atoms with E-state index in [2.05, 4.69) is 22.0 Å². The minimum Gasteiger partial charge on any atom is -0.313 e. The summed E-state index contributed by atoms with van der Waals surface area (Å²) in [6.07, 6.45) is 6.86. The standard InChI is InChI=1S/C14H29N3/c1-2-8-17(13-14-6-5-7-15-14)12-11-16-9-3-4-10-16/h14-15H,2-13H2,1H3. The number of rotatable bonds is 7. The lowest BCUT2D eigenvalue weighted by Gasteiger charge is -2.27. The zero-order valence-electron chi connectivity index (χ0n) is 11.5. The molecule has 0 aromatic carbocycles. The average molecular weight is 239 g/mol. The van der Waals surface area contributed by atoms with Gasteiger partial charge in [-0.2, -0.15) is 0 Å². The summed E-state index contributed by atoms with van der Waals surface area (Å²) < 4.78 is 0. The number of hydrogen-bond donors (Lipinski definition) is 1. The second-order valence-electron chi connectivity index (χ2n) is 5.64. The van der Waals surface area contributed by atoms with Crippen LogP contribution in [0.3, 0.4) is 0 Å². The van der Waals surface area contributed by atoms with E-state index in [1.165, 1.54) is 77.9 Å². The van der Waals surface area contributed by atoms with Crippen molar-refractivity contribution < 1.29 is 0 Å². The van der Waals surface area contributed by atoms with Gasteiger partial charge < -0.3 is 15.1 Å². The Morgan fingerprint density at radius 1 is 1.18 bits per heavy atom. The molecule has 0 aliphatic carbocycles. The van der Waals surface area contributed by atoms with Gasteiger partial charge in [0.1, 0.15) is 0 Å². The molecule has 0 aromatic rings. The zero-order valence-corrected chi connectivity index (χ0v) is 11.5. The van der Waals surface area contributed by atoms with Crippen molar-refractivity contribution in [1.82, 2.24) is 15.1 Å². The van der Waals surface area contributed by atoms with Crippen molar-refractivity contribution in [2.75, 3.05) is 45.8 Å². The molecule has 2 aliphatic heterocycles. The van der Waals surface area contributed by atoms with Crippen LogP contribution in [-0.2, 0) is 0 Å². The van der Waals surface area contributed by atoms with Crippen LogP contribution in [0, 0.1) is 0 Å². The fraction of sp³-hybridized carbons (Fsp3) is 1.00. The molecular weight excluding hydrogens is 210 g/mol. The molecule has 0 bridgehead atoms. The summed E-state index contributed by atoms with van der Waals surface area (Å²) in [5.74, 6) is 0. The van der Waals surface area contributed by atoms with Gasteiger partial charge in [0.05, 0.1) is 0 Å². The lowest BCUT2D eigenvalue weighted by molar-refractivity contribution is 0.210. The van der Waals surface area contributed by atoms with Crippen LogP contribution < -0.4 is 5.32 Å². The zero-order chi connectivity index (χ0) is 11.9. The van der Waals surface area contributed by atoms with E-state index >= 15 is 0 Å². The van der Waals surface area contributed by atoms with E-state index in [0.717, 1.165) is 6.04 Å². The molecule has 2 rings (SSSR count). The molecule has 0 aromatic heterocycles. The lowest BCUT2D eigenvalue weighted by Crippen LogP contribution is -2.41. The Morgan fingerprint density at radius 2 is 2.00 bits per heavy atom. The van der Waals surface area contributed by atoms with E-state index in [0.29, 0.717) is 0 Å². The van der Waals surface area contributed by atoms with Gasteiger partial charge in [0, 0.05) is 25.7 Å². The van der Waals surface area contributed by atoms with E-state index in [-0.39, 0.29) is 0 Å². The van der Waals surface area contributed by atoms with Gasteiger partial charge in [-0.3, -0.25) is 0 Å². The summed E-state index contributed by atoms with van der Waals surface area (Å²) in [5.41, 5.74) is 0. The molecule has 2 aliphatic rings. The number of likely N-dealkylation sites (tertiary alicyclic amines) is 1. The van der Waals surface area contributed by atoms with Crippen molar-refractivity contribution in [1.29, 1.82) is 0 Å². The largest absolute Gasteiger partial charge is 0.313 e. The summed E-state index contributed by atoms with van der Waals surface area (Å²) in [6, 6.07) is 0.764. The van der Waals surface area contributed by atoms with Gasteiger partial charge in [-0.15, -0.1) is 0 Å². The molecule has 3 nitrogen and oxygen atoms in total. The average Bonchev–Trinajstić information content (AvgIpc) is 2.99. The Labute approximate surface area is 107 Å². The maximum atomic E-state index is 3.62. The Bertz CT molecular complexity index is 196. The van der Waals surface area contributed by atoms with Crippen LogP contribution in [0.25, 0.3) is 0 Å². The monoisotopic (exact) mass is 239 g/mol. The highest BCUT2D eigenvalue weighted by Crippen LogP contribution is 2.09. The molecule has 17 heavy (non-hydrogen) atoms. The Kier molecular flexibility index (Phi) is 5.75. The maximum Gasteiger partial charge on any atom is 0.0195 e. The summed E-state index contributed by atoms with van der Waals surface area (Å²) in [6.45, 7) is 11.3. The van der Waals surface area contributed by atoms with Crippen LogP contribution in [0.4, 0.5) is 0 Å². The number of nitrogens with one attached hydrogen (secondary N) is 1. The first-order valence-corrected chi connectivity index (χ1v) is 7.56. The summed E-state index contributed by atoms with van der Waals surface area (Å²) in [5, 5.41) is 3.62. The SMILES string of the molecule is CCCN(CCN1CCCC1)CC1CCCN1. The maximum absolute atomic E-state index is 3.62. The fourth-order valence-corrected chi connectivity index (χ4v) is 3.12. The first-order valence-electron chi connectivity index (χ1n) is 7.56. The van der Waals surface area contributed by atoms with Crippen LogP contribution >= 0.6 is 0 Å². The molecule has 0 spiro atoms. The minimum atomic E-state index is 0.764. The van der Waals surface area contributed by atoms with Gasteiger partial charge in [-0.05, 0) is 58.3 Å². The fourth-order valence-electron chi connectivity index (χ4n) is 3.12. The topological polar surface area (TPSA) is 18.5 Å². The molecular formula is C14H29N3. The highest BCUT2D eigenvalue weighted by atomic mass is 15.2. The Balaban J connectivity index is 1.67. The first-order chi connectivity index (χ1) is 8.38. The predicted molar refractivity (Wildman–Crippen MR) is 73.4 cm³/mol. The van der Waals surface area contributed by atoms with Crippen LogP contribution in [-0.4, -0.2) is 61.7 Å². The van der Waals surface area contributed by atoms with Crippen LogP contribution in [0.5, 0.6) is 0 Å². The minimum absolute atomic E-state index is 0.764. The van der Waals surface area contributed by atoms with E-state index in [1.54, 1.807) is 0 Å². The smallest absolute Gasteiger partial charge is 0.0195 e. The third-order valence-corrected chi connectivity index (χ3v) is 4.11. The lowest BCUT2D eigenvalue weighted by atomic mass is 10.2. The first kappa shape index (κ1) is 13.3. The molecule has 3 heteroatoms. The van der Waals surface area contributed by atoms with Crippen LogP contribution in [0.1, 0.15) is 39.0 Å². The molecule has 100 valence electrons. The second-order valence-corrected chi connectivity index (χ2v) is 5.64. The highest BCUT2D eigenvalue weighted by molar-refractivity contribution is 4.78. The van der Waals surface area contributed by atoms with Gasteiger partial charge >= 0.3 is 0 Å². The van der Waals surface area contributed by atoms with Crippen molar-refractivity contribution in [2.45, 2.75) is 45.1 Å². The number of nitrogens with zero attached hydrogens (tertiary/aromatic N) is 2. The Morgan fingerprint density at radius 3 is 2.65 bits per heavy atom. The quantitative estimate of drug-likeness (QED) is 0.727. The van der Waals surface area contributed by atoms with Gasteiger partial charge in [0.25, 0.3) is 0 Å². The molecule has 1 unspecified atom stereocenters. The molecule has 2 heterocycles. The van der Waals surface area contributed by atoms with Gasteiger partial charge in [0.2, 0.25) is 0 Å². The summed E-state index contributed by atoms with van der Waals surface area (Å²) >= 11 is 0. The van der Waals surface area contributed by atoms with Crippen LogP contribution in [0.15, 0.2) is 0 Å². The molecule has 2 fully saturated rings. The third kappa shape index (κ3) is 4.57. The molecule has 1 N–H and O–H groups in total. The Hall–Kier alpha value is -0.120. The van der Waals surface area contributed by atoms with Gasteiger partial charge in [-0.25, -0.2) is 0 Å². The molecule has 0 saturated carbocycles. The molecule has 2 saturated heterocycles. The van der Waals surface area contributed by atoms with Crippen molar-refractivity contribution in [3.8, 4) is 0 Å². The van der Waals surface area contributed by atoms with Gasteiger partial charge in [0.15, 0.2) is 0 Å². The van der Waals surface area contributed by atoms with Gasteiger partial charge in [-0.1, -0.05) is 6.92 Å². The molecule has 0 radical (unpaired) electrons.